The molecule has 0 aromatic carbocycles. The third-order valence-electron chi connectivity index (χ3n) is 1.71. The second-order valence-corrected chi connectivity index (χ2v) is 2.68. The summed E-state index contributed by atoms with van der Waals surface area (Å²) in [5, 5.41) is 25.7. The third kappa shape index (κ3) is 1.75. The molecule has 0 radical (unpaired) electrons. The van der Waals surface area contributed by atoms with E-state index >= 15 is 0 Å². The van der Waals surface area contributed by atoms with Crippen molar-refractivity contribution < 1.29 is 9.84 Å². The largest absolute Gasteiger partial charge is 0.409 e. The highest BCUT2D eigenvalue weighted by Gasteiger charge is 2.14. The molecule has 0 spiro atoms. The Bertz CT molecular complexity index is 460. The first-order valence-electron chi connectivity index (χ1n) is 3.93. The molecule has 0 unspecified atom stereocenters. The van der Waals surface area contributed by atoms with Gasteiger partial charge in [0.25, 0.3) is 0 Å². The molecule has 0 atom stereocenters. The minimum Gasteiger partial charge on any atom is -0.409 e. The van der Waals surface area contributed by atoms with Gasteiger partial charge in [-0.15, -0.1) is 10.2 Å². The molecule has 2 heterocycles. The SMILES string of the molecule is NC(=NO)c1nonc1Cn1cnnc1. The Labute approximate surface area is 83.2 Å². The molecular formula is C6H7N7O2. The topological polar surface area (TPSA) is 128 Å². The zero-order chi connectivity index (χ0) is 10.7. The van der Waals surface area contributed by atoms with Crippen LogP contribution >= 0.6 is 0 Å². The Balaban J connectivity index is 2.26. The van der Waals surface area contributed by atoms with E-state index in [9.17, 15) is 0 Å². The summed E-state index contributed by atoms with van der Waals surface area (Å²) in [5.74, 6) is -0.153. The minimum absolute atomic E-state index is 0.153. The van der Waals surface area contributed by atoms with Crippen molar-refractivity contribution in [3.8, 4) is 0 Å². The molecule has 0 amide bonds. The average molecular weight is 209 g/mol. The van der Waals surface area contributed by atoms with Gasteiger partial charge in [0, 0.05) is 0 Å². The van der Waals surface area contributed by atoms with Gasteiger partial charge < -0.3 is 15.5 Å². The van der Waals surface area contributed by atoms with Crippen molar-refractivity contribution in [1.29, 1.82) is 0 Å². The van der Waals surface area contributed by atoms with E-state index in [-0.39, 0.29) is 11.5 Å². The summed E-state index contributed by atoms with van der Waals surface area (Å²) in [6, 6.07) is 0. The number of hydrogen-bond donors (Lipinski definition) is 2. The molecule has 0 fully saturated rings. The Morgan fingerprint density at radius 1 is 1.47 bits per heavy atom. The molecule has 9 heteroatoms. The maximum atomic E-state index is 8.48. The van der Waals surface area contributed by atoms with Gasteiger partial charge in [-0.3, -0.25) is 0 Å². The van der Waals surface area contributed by atoms with Crippen LogP contribution in [0.2, 0.25) is 0 Å². The lowest BCUT2D eigenvalue weighted by Gasteiger charge is -1.97. The van der Waals surface area contributed by atoms with Crippen LogP contribution in [0.1, 0.15) is 11.4 Å². The van der Waals surface area contributed by atoms with Gasteiger partial charge in [-0.2, -0.15) is 0 Å². The van der Waals surface area contributed by atoms with E-state index in [1.807, 2.05) is 0 Å². The lowest BCUT2D eigenvalue weighted by atomic mass is 10.3. The standard InChI is InChI=1S/C6H7N7O2/c7-6(10-14)5-4(11-15-12-5)1-13-2-8-9-3-13/h2-3,14H,1H2,(H2,7,10). The third-order valence-corrected chi connectivity index (χ3v) is 1.71. The molecular weight excluding hydrogens is 202 g/mol. The van der Waals surface area contributed by atoms with Crippen LogP contribution in [-0.4, -0.2) is 36.1 Å². The molecule has 0 aliphatic carbocycles. The fourth-order valence-corrected chi connectivity index (χ4v) is 1.03. The monoisotopic (exact) mass is 209 g/mol. The summed E-state index contributed by atoms with van der Waals surface area (Å²) in [4.78, 5) is 0. The summed E-state index contributed by atoms with van der Waals surface area (Å²) in [7, 11) is 0. The van der Waals surface area contributed by atoms with Crippen LogP contribution in [0.5, 0.6) is 0 Å². The van der Waals surface area contributed by atoms with Crippen molar-refractivity contribution in [2.24, 2.45) is 10.9 Å². The first-order chi connectivity index (χ1) is 7.31. The molecule has 0 aliphatic heterocycles. The Hall–Kier alpha value is -2.45. The van der Waals surface area contributed by atoms with Crippen LogP contribution in [0.4, 0.5) is 0 Å². The number of hydrogen-bond acceptors (Lipinski definition) is 7. The van der Waals surface area contributed by atoms with E-state index in [1.165, 1.54) is 12.7 Å². The highest BCUT2D eigenvalue weighted by atomic mass is 16.6. The number of aromatic nitrogens is 5. The normalized spacial score (nSPS) is 11.9. The van der Waals surface area contributed by atoms with E-state index in [2.05, 4.69) is 30.3 Å². The van der Waals surface area contributed by atoms with E-state index in [0.717, 1.165) is 0 Å². The zero-order valence-electron chi connectivity index (χ0n) is 7.48. The molecule has 0 bridgehead atoms. The summed E-state index contributed by atoms with van der Waals surface area (Å²) < 4.78 is 6.14. The molecule has 15 heavy (non-hydrogen) atoms. The number of nitrogens with zero attached hydrogens (tertiary/aromatic N) is 6. The number of nitrogens with two attached hydrogens (primary N) is 1. The summed E-state index contributed by atoms with van der Waals surface area (Å²) in [6.45, 7) is 0.335. The Morgan fingerprint density at radius 3 is 2.87 bits per heavy atom. The number of oxime groups is 1. The van der Waals surface area contributed by atoms with Gasteiger partial charge in [-0.25, -0.2) is 4.63 Å². The molecule has 9 nitrogen and oxygen atoms in total. The van der Waals surface area contributed by atoms with E-state index < -0.39 is 0 Å². The average Bonchev–Trinajstić information content (AvgIpc) is 2.88. The molecule has 0 saturated carbocycles. The quantitative estimate of drug-likeness (QED) is 0.281. The van der Waals surface area contributed by atoms with Crippen molar-refractivity contribution in [2.75, 3.05) is 0 Å². The van der Waals surface area contributed by atoms with Crippen molar-refractivity contribution in [3.63, 3.8) is 0 Å². The van der Waals surface area contributed by atoms with Gasteiger partial charge in [-0.05, 0) is 5.16 Å². The minimum atomic E-state index is -0.153. The highest BCUT2D eigenvalue weighted by Crippen LogP contribution is 2.04. The van der Waals surface area contributed by atoms with Crippen LogP contribution in [0.25, 0.3) is 0 Å². The molecule has 2 aromatic rings. The van der Waals surface area contributed by atoms with Gasteiger partial charge in [0.05, 0.1) is 6.54 Å². The molecule has 78 valence electrons. The predicted molar refractivity (Wildman–Crippen MR) is 45.9 cm³/mol. The van der Waals surface area contributed by atoms with Crippen LogP contribution in [0.15, 0.2) is 22.4 Å². The smallest absolute Gasteiger partial charge is 0.194 e. The van der Waals surface area contributed by atoms with Crippen LogP contribution in [0.3, 0.4) is 0 Å². The Kier molecular flexibility index (Phi) is 2.27. The van der Waals surface area contributed by atoms with Crippen molar-refractivity contribution in [1.82, 2.24) is 25.1 Å². The first-order valence-corrected chi connectivity index (χ1v) is 3.93. The van der Waals surface area contributed by atoms with Crippen LogP contribution in [-0.2, 0) is 6.54 Å². The van der Waals surface area contributed by atoms with Crippen molar-refractivity contribution >= 4 is 5.84 Å². The van der Waals surface area contributed by atoms with Crippen molar-refractivity contribution in [3.05, 3.63) is 24.0 Å². The van der Waals surface area contributed by atoms with Crippen molar-refractivity contribution in [2.45, 2.75) is 6.54 Å². The van der Waals surface area contributed by atoms with Crippen LogP contribution in [0, 0.1) is 0 Å². The summed E-state index contributed by atoms with van der Waals surface area (Å²) in [5.41, 5.74) is 6.00. The first kappa shape index (κ1) is 9.12. The number of amidine groups is 1. The Morgan fingerprint density at radius 2 is 2.20 bits per heavy atom. The van der Waals surface area contributed by atoms with Gasteiger partial charge in [0.1, 0.15) is 18.3 Å². The molecule has 0 aliphatic rings. The van der Waals surface area contributed by atoms with E-state index in [0.29, 0.717) is 12.2 Å². The summed E-state index contributed by atoms with van der Waals surface area (Å²) >= 11 is 0. The molecule has 2 rings (SSSR count). The molecule has 3 N–H and O–H groups in total. The fraction of sp³-hybridized carbons (Fsp3) is 0.167. The number of rotatable bonds is 3. The zero-order valence-corrected chi connectivity index (χ0v) is 7.48. The van der Waals surface area contributed by atoms with Gasteiger partial charge in [-0.1, -0.05) is 10.3 Å². The van der Waals surface area contributed by atoms with Gasteiger partial charge in [0.15, 0.2) is 11.5 Å². The van der Waals surface area contributed by atoms with E-state index in [1.54, 1.807) is 4.57 Å². The predicted octanol–water partition coefficient (Wildman–Crippen LogP) is -1.20. The lowest BCUT2D eigenvalue weighted by molar-refractivity contribution is 0.300. The van der Waals surface area contributed by atoms with Crippen LogP contribution < -0.4 is 5.73 Å². The molecule has 0 saturated heterocycles. The molecule has 2 aromatic heterocycles. The van der Waals surface area contributed by atoms with Gasteiger partial charge in [0.2, 0.25) is 0 Å². The van der Waals surface area contributed by atoms with E-state index in [4.69, 9.17) is 10.9 Å². The van der Waals surface area contributed by atoms with Gasteiger partial charge >= 0.3 is 0 Å². The fourth-order valence-electron chi connectivity index (χ4n) is 1.03. The lowest BCUT2D eigenvalue weighted by Crippen LogP contribution is -2.16. The second-order valence-electron chi connectivity index (χ2n) is 2.68. The maximum Gasteiger partial charge on any atom is 0.194 e. The maximum absolute atomic E-state index is 8.48. The second kappa shape index (κ2) is 3.74. The summed E-state index contributed by atoms with van der Waals surface area (Å²) in [6.07, 6.45) is 3.01. The highest BCUT2D eigenvalue weighted by molar-refractivity contribution is 5.95.